The van der Waals surface area contributed by atoms with Gasteiger partial charge in [0.15, 0.2) is 0 Å². The van der Waals surface area contributed by atoms with Crippen LogP contribution in [-0.2, 0) is 0 Å². The van der Waals surface area contributed by atoms with Crippen LogP contribution in [0.2, 0.25) is 0 Å². The van der Waals surface area contributed by atoms with Crippen LogP contribution in [0.4, 0.5) is 0 Å². The Kier molecular flexibility index (Phi) is 4.42. The van der Waals surface area contributed by atoms with Crippen molar-refractivity contribution in [3.63, 3.8) is 0 Å². The number of H-pyrrole nitrogens is 1. The number of hydrogen-bond acceptors (Lipinski definition) is 3. The number of hydrazone groups is 1. The molecule has 4 rings (SSSR count). The molecule has 27 heavy (non-hydrogen) atoms. The van der Waals surface area contributed by atoms with Gasteiger partial charge < -0.3 is 4.98 Å². The number of aromatic amines is 1. The first-order chi connectivity index (χ1) is 13.1. The molecular formula is C22H20N4O. The fraction of sp³-hybridized carbons (Fsp3) is 0.136. The van der Waals surface area contributed by atoms with E-state index in [0.717, 1.165) is 32.9 Å². The molecule has 0 saturated carbocycles. The number of carbonyl (C=O) groups excluding carboxylic acids is 1. The molecule has 134 valence electrons. The number of hydrogen-bond donors (Lipinski definition) is 2. The van der Waals surface area contributed by atoms with E-state index in [9.17, 15) is 4.79 Å². The van der Waals surface area contributed by atoms with Crippen LogP contribution in [0.15, 0.2) is 65.9 Å². The van der Waals surface area contributed by atoms with Crippen molar-refractivity contribution >= 4 is 33.9 Å². The average molecular weight is 356 g/mol. The Morgan fingerprint density at radius 2 is 1.81 bits per heavy atom. The molecule has 1 amide bonds. The summed E-state index contributed by atoms with van der Waals surface area (Å²) in [5.74, 6) is -0.0282. The Bertz CT molecular complexity index is 1150. The van der Waals surface area contributed by atoms with E-state index in [2.05, 4.69) is 34.3 Å². The molecule has 2 aromatic carbocycles. The second kappa shape index (κ2) is 7.03. The summed E-state index contributed by atoms with van der Waals surface area (Å²) in [6, 6.07) is 17.7. The minimum Gasteiger partial charge on any atom is -0.350 e. The normalized spacial score (nSPS) is 11.7. The number of aromatic nitrogens is 2. The number of benzene rings is 2. The van der Waals surface area contributed by atoms with Gasteiger partial charge in [0.05, 0.1) is 11.7 Å². The summed E-state index contributed by atoms with van der Waals surface area (Å²) in [4.78, 5) is 20.3. The summed E-state index contributed by atoms with van der Waals surface area (Å²) in [6.45, 7) is 4.16. The molecule has 0 saturated heterocycles. The van der Waals surface area contributed by atoms with Gasteiger partial charge in [-0.2, -0.15) is 5.10 Å². The van der Waals surface area contributed by atoms with Gasteiger partial charge in [0.2, 0.25) is 0 Å². The van der Waals surface area contributed by atoms with E-state index in [1.54, 1.807) is 12.4 Å². The SMILES string of the molecule is CC(C)c1c(C(=O)N/N=C/c2ccnc3ccccc23)[nH]c2ccccc12. The Hall–Kier alpha value is -3.47. The van der Waals surface area contributed by atoms with E-state index in [1.165, 1.54) is 0 Å². The molecule has 2 aromatic heterocycles. The molecule has 0 fully saturated rings. The number of amides is 1. The number of carbonyl (C=O) groups is 1. The molecule has 4 aromatic rings. The van der Waals surface area contributed by atoms with Gasteiger partial charge in [0, 0.05) is 28.0 Å². The van der Waals surface area contributed by atoms with Gasteiger partial charge in [0.1, 0.15) is 5.69 Å². The van der Waals surface area contributed by atoms with Gasteiger partial charge in [-0.05, 0) is 29.7 Å². The second-order valence-electron chi connectivity index (χ2n) is 6.73. The number of pyridine rings is 1. The summed E-state index contributed by atoms with van der Waals surface area (Å²) >= 11 is 0. The van der Waals surface area contributed by atoms with Crippen LogP contribution in [0.3, 0.4) is 0 Å². The maximum atomic E-state index is 12.7. The summed E-state index contributed by atoms with van der Waals surface area (Å²) in [5.41, 5.74) is 6.96. The van der Waals surface area contributed by atoms with Crippen molar-refractivity contribution in [3.05, 3.63) is 77.6 Å². The standard InChI is InChI=1S/C22H20N4O/c1-14(2)20-17-8-4-6-10-19(17)25-21(20)22(27)26-24-13-15-11-12-23-18-9-5-3-7-16(15)18/h3-14,25H,1-2H3,(H,26,27)/b24-13+. The first-order valence-electron chi connectivity index (χ1n) is 8.93. The van der Waals surface area contributed by atoms with Gasteiger partial charge in [-0.3, -0.25) is 9.78 Å². The molecule has 2 heterocycles. The lowest BCUT2D eigenvalue weighted by molar-refractivity contribution is 0.0949. The lowest BCUT2D eigenvalue weighted by atomic mass is 9.99. The number of nitrogens with one attached hydrogen (secondary N) is 2. The van der Waals surface area contributed by atoms with Crippen molar-refractivity contribution in [3.8, 4) is 0 Å². The van der Waals surface area contributed by atoms with Gasteiger partial charge in [-0.15, -0.1) is 0 Å². The zero-order chi connectivity index (χ0) is 18.8. The highest BCUT2D eigenvalue weighted by molar-refractivity contribution is 6.02. The predicted octanol–water partition coefficient (Wildman–Crippen LogP) is 4.60. The molecule has 0 bridgehead atoms. The molecule has 0 radical (unpaired) electrons. The topological polar surface area (TPSA) is 70.1 Å². The Labute approximate surface area is 157 Å². The van der Waals surface area contributed by atoms with Crippen molar-refractivity contribution in [1.29, 1.82) is 0 Å². The summed E-state index contributed by atoms with van der Waals surface area (Å²) in [7, 11) is 0. The number of fused-ring (bicyclic) bond motifs is 2. The van der Waals surface area contributed by atoms with Gasteiger partial charge >= 0.3 is 0 Å². The molecule has 0 aliphatic rings. The molecule has 0 atom stereocenters. The third kappa shape index (κ3) is 3.19. The fourth-order valence-electron chi connectivity index (χ4n) is 3.39. The summed E-state index contributed by atoms with van der Waals surface area (Å²) in [6.07, 6.45) is 3.39. The zero-order valence-corrected chi connectivity index (χ0v) is 15.2. The van der Waals surface area contributed by atoms with Crippen LogP contribution in [0, 0.1) is 0 Å². The van der Waals surface area contributed by atoms with Gasteiger partial charge in [-0.1, -0.05) is 50.2 Å². The maximum Gasteiger partial charge on any atom is 0.288 e. The van der Waals surface area contributed by atoms with E-state index in [-0.39, 0.29) is 11.8 Å². The highest BCUT2D eigenvalue weighted by atomic mass is 16.2. The van der Waals surface area contributed by atoms with E-state index in [0.29, 0.717) is 5.69 Å². The van der Waals surface area contributed by atoms with E-state index < -0.39 is 0 Å². The monoisotopic (exact) mass is 356 g/mol. The second-order valence-corrected chi connectivity index (χ2v) is 6.73. The lowest BCUT2D eigenvalue weighted by Gasteiger charge is -2.07. The Balaban J connectivity index is 1.62. The van der Waals surface area contributed by atoms with Gasteiger partial charge in [0.25, 0.3) is 5.91 Å². The predicted molar refractivity (Wildman–Crippen MR) is 109 cm³/mol. The molecule has 5 nitrogen and oxygen atoms in total. The lowest BCUT2D eigenvalue weighted by Crippen LogP contribution is -2.19. The van der Waals surface area contributed by atoms with Crippen LogP contribution < -0.4 is 5.43 Å². The highest BCUT2D eigenvalue weighted by Crippen LogP contribution is 2.29. The number of rotatable bonds is 4. The van der Waals surface area contributed by atoms with Crippen LogP contribution in [0.25, 0.3) is 21.8 Å². The molecular weight excluding hydrogens is 336 g/mol. The van der Waals surface area contributed by atoms with Crippen molar-refractivity contribution in [1.82, 2.24) is 15.4 Å². The van der Waals surface area contributed by atoms with Crippen LogP contribution in [0.1, 0.15) is 41.4 Å². The van der Waals surface area contributed by atoms with Crippen LogP contribution in [0.5, 0.6) is 0 Å². The third-order valence-electron chi connectivity index (χ3n) is 4.60. The Morgan fingerprint density at radius 1 is 1.07 bits per heavy atom. The first-order valence-corrected chi connectivity index (χ1v) is 8.93. The van der Waals surface area contributed by atoms with Crippen molar-refractivity contribution in [2.75, 3.05) is 0 Å². The quantitative estimate of drug-likeness (QED) is 0.414. The molecule has 0 aliphatic carbocycles. The summed E-state index contributed by atoms with van der Waals surface area (Å²) in [5, 5.41) is 6.23. The van der Waals surface area contributed by atoms with E-state index in [1.807, 2.05) is 54.6 Å². The smallest absolute Gasteiger partial charge is 0.288 e. The minimum absolute atomic E-state index is 0.218. The van der Waals surface area contributed by atoms with Crippen LogP contribution in [-0.4, -0.2) is 22.1 Å². The zero-order valence-electron chi connectivity index (χ0n) is 15.2. The number of nitrogens with zero attached hydrogens (tertiary/aromatic N) is 2. The first kappa shape index (κ1) is 17.0. The molecule has 0 unspecified atom stereocenters. The highest BCUT2D eigenvalue weighted by Gasteiger charge is 2.19. The van der Waals surface area contributed by atoms with Crippen molar-refractivity contribution in [2.45, 2.75) is 19.8 Å². The number of para-hydroxylation sites is 2. The molecule has 0 spiro atoms. The largest absolute Gasteiger partial charge is 0.350 e. The van der Waals surface area contributed by atoms with Crippen molar-refractivity contribution in [2.24, 2.45) is 5.10 Å². The third-order valence-corrected chi connectivity index (χ3v) is 4.60. The molecule has 2 N–H and O–H groups in total. The summed E-state index contributed by atoms with van der Waals surface area (Å²) < 4.78 is 0. The van der Waals surface area contributed by atoms with E-state index in [4.69, 9.17) is 0 Å². The molecule has 0 aliphatic heterocycles. The minimum atomic E-state index is -0.246. The fourth-order valence-corrected chi connectivity index (χ4v) is 3.39. The van der Waals surface area contributed by atoms with Crippen LogP contribution >= 0.6 is 0 Å². The maximum absolute atomic E-state index is 12.7. The van der Waals surface area contributed by atoms with Crippen molar-refractivity contribution < 1.29 is 4.79 Å². The Morgan fingerprint density at radius 3 is 2.63 bits per heavy atom. The van der Waals surface area contributed by atoms with E-state index >= 15 is 0 Å². The molecule has 5 heteroatoms. The van der Waals surface area contributed by atoms with Gasteiger partial charge in [-0.25, -0.2) is 5.43 Å². The average Bonchev–Trinajstić information content (AvgIpc) is 3.08.